The van der Waals surface area contributed by atoms with Crippen LogP contribution in [-0.4, -0.2) is 9.97 Å². The summed E-state index contributed by atoms with van der Waals surface area (Å²) in [5, 5.41) is 0. The topological polar surface area (TPSA) is 51.8 Å². The Kier molecular flexibility index (Phi) is 2.70. The first-order chi connectivity index (χ1) is 5.66. The quantitative estimate of drug-likeness (QED) is 0.723. The van der Waals surface area contributed by atoms with E-state index in [1.165, 1.54) is 6.33 Å². The lowest BCUT2D eigenvalue weighted by Crippen LogP contribution is -2.08. The maximum Gasteiger partial charge on any atom is 0.167 e. The average Bonchev–Trinajstić information content (AvgIpc) is 2.04. The van der Waals surface area contributed by atoms with E-state index in [0.29, 0.717) is 5.69 Å². The second-order valence-electron chi connectivity index (χ2n) is 2.88. The van der Waals surface area contributed by atoms with E-state index < -0.39 is 0 Å². The number of halogens is 1. The van der Waals surface area contributed by atoms with Crippen LogP contribution in [-0.2, 0) is 6.54 Å². The molecular weight excluding hydrogens is 157 g/mol. The van der Waals surface area contributed by atoms with E-state index in [9.17, 15) is 4.39 Å². The lowest BCUT2D eigenvalue weighted by atomic mass is 10.1. The molecule has 1 heterocycles. The van der Waals surface area contributed by atoms with Gasteiger partial charge in [-0.1, -0.05) is 13.8 Å². The molecule has 0 radical (unpaired) electrons. The van der Waals surface area contributed by atoms with Crippen LogP contribution < -0.4 is 5.73 Å². The third-order valence-corrected chi connectivity index (χ3v) is 1.63. The number of nitrogens with two attached hydrogens (primary N) is 1. The van der Waals surface area contributed by atoms with E-state index in [0.717, 1.165) is 0 Å². The largest absolute Gasteiger partial charge is 0.325 e. The van der Waals surface area contributed by atoms with Crippen molar-refractivity contribution < 1.29 is 4.39 Å². The molecule has 2 N–H and O–H groups in total. The van der Waals surface area contributed by atoms with E-state index in [-0.39, 0.29) is 24.0 Å². The predicted molar refractivity (Wildman–Crippen MR) is 44.0 cm³/mol. The number of nitrogens with zero attached hydrogens (tertiary/aromatic N) is 2. The van der Waals surface area contributed by atoms with Crippen LogP contribution in [0.3, 0.4) is 0 Å². The fourth-order valence-corrected chi connectivity index (χ4v) is 0.967. The van der Waals surface area contributed by atoms with Crippen LogP contribution in [0.4, 0.5) is 4.39 Å². The Morgan fingerprint density at radius 3 is 2.67 bits per heavy atom. The Hall–Kier alpha value is -1.03. The SMILES string of the molecule is CC(C)c1ncnc(CN)c1F. The van der Waals surface area contributed by atoms with Gasteiger partial charge in [0.2, 0.25) is 0 Å². The smallest absolute Gasteiger partial charge is 0.167 e. The van der Waals surface area contributed by atoms with Crippen LogP contribution in [0.2, 0.25) is 0 Å². The van der Waals surface area contributed by atoms with E-state index in [1.54, 1.807) is 0 Å². The minimum atomic E-state index is -0.366. The van der Waals surface area contributed by atoms with Gasteiger partial charge in [-0.25, -0.2) is 14.4 Å². The van der Waals surface area contributed by atoms with Gasteiger partial charge in [0.25, 0.3) is 0 Å². The highest BCUT2D eigenvalue weighted by Gasteiger charge is 2.11. The molecule has 0 saturated heterocycles. The minimum absolute atomic E-state index is 0.0679. The minimum Gasteiger partial charge on any atom is -0.325 e. The Balaban J connectivity index is 3.14. The molecule has 0 bridgehead atoms. The van der Waals surface area contributed by atoms with E-state index in [4.69, 9.17) is 5.73 Å². The molecule has 0 aliphatic carbocycles. The zero-order valence-corrected chi connectivity index (χ0v) is 7.21. The van der Waals surface area contributed by atoms with Gasteiger partial charge in [-0.05, 0) is 5.92 Å². The normalized spacial score (nSPS) is 10.8. The van der Waals surface area contributed by atoms with Gasteiger partial charge in [0.1, 0.15) is 6.33 Å². The molecule has 1 rings (SSSR count). The molecule has 0 saturated carbocycles. The summed E-state index contributed by atoms with van der Waals surface area (Å²) in [5.74, 6) is -0.298. The molecule has 3 nitrogen and oxygen atoms in total. The monoisotopic (exact) mass is 169 g/mol. The highest BCUT2D eigenvalue weighted by Crippen LogP contribution is 2.16. The van der Waals surface area contributed by atoms with Crippen LogP contribution in [0.5, 0.6) is 0 Å². The first kappa shape index (κ1) is 9.06. The van der Waals surface area contributed by atoms with Crippen molar-refractivity contribution in [1.29, 1.82) is 0 Å². The summed E-state index contributed by atoms with van der Waals surface area (Å²) in [7, 11) is 0. The van der Waals surface area contributed by atoms with Gasteiger partial charge in [0.05, 0.1) is 11.4 Å². The Bertz CT molecular complexity index is 273. The maximum atomic E-state index is 13.3. The fourth-order valence-electron chi connectivity index (χ4n) is 0.967. The summed E-state index contributed by atoms with van der Waals surface area (Å²) in [6, 6.07) is 0. The highest BCUT2D eigenvalue weighted by molar-refractivity contribution is 5.14. The van der Waals surface area contributed by atoms with Gasteiger partial charge in [0.15, 0.2) is 5.82 Å². The molecule has 0 spiro atoms. The van der Waals surface area contributed by atoms with Crippen molar-refractivity contribution >= 4 is 0 Å². The van der Waals surface area contributed by atoms with Crippen molar-refractivity contribution in [2.45, 2.75) is 26.3 Å². The summed E-state index contributed by atoms with van der Waals surface area (Å²) in [5.41, 5.74) is 6.01. The van der Waals surface area contributed by atoms with Gasteiger partial charge in [-0.15, -0.1) is 0 Å². The Morgan fingerprint density at radius 1 is 1.50 bits per heavy atom. The molecule has 0 atom stereocenters. The first-order valence-electron chi connectivity index (χ1n) is 3.86. The summed E-state index contributed by atoms with van der Waals surface area (Å²) in [6.07, 6.45) is 1.35. The van der Waals surface area contributed by atoms with E-state index >= 15 is 0 Å². The highest BCUT2D eigenvalue weighted by atomic mass is 19.1. The summed E-state index contributed by atoms with van der Waals surface area (Å²) >= 11 is 0. The molecule has 66 valence electrons. The van der Waals surface area contributed by atoms with Crippen molar-refractivity contribution in [3.05, 3.63) is 23.5 Å². The molecule has 0 aromatic carbocycles. The molecule has 1 aromatic rings. The summed E-state index contributed by atoms with van der Waals surface area (Å²) in [4.78, 5) is 7.57. The maximum absolute atomic E-state index is 13.3. The van der Waals surface area contributed by atoms with Crippen LogP contribution in [0.1, 0.15) is 31.2 Å². The van der Waals surface area contributed by atoms with E-state index in [1.807, 2.05) is 13.8 Å². The zero-order chi connectivity index (χ0) is 9.14. The summed E-state index contributed by atoms with van der Waals surface area (Å²) < 4.78 is 13.3. The first-order valence-corrected chi connectivity index (χ1v) is 3.86. The van der Waals surface area contributed by atoms with Gasteiger partial charge in [-0.3, -0.25) is 0 Å². The Morgan fingerprint density at radius 2 is 2.17 bits per heavy atom. The molecule has 12 heavy (non-hydrogen) atoms. The van der Waals surface area contributed by atoms with Gasteiger partial charge in [0, 0.05) is 6.54 Å². The molecular formula is C8H12FN3. The van der Waals surface area contributed by atoms with Crippen molar-refractivity contribution in [2.75, 3.05) is 0 Å². The summed E-state index contributed by atoms with van der Waals surface area (Å²) in [6.45, 7) is 3.88. The van der Waals surface area contributed by atoms with Gasteiger partial charge in [-0.2, -0.15) is 0 Å². The number of hydrogen-bond acceptors (Lipinski definition) is 3. The molecule has 0 aliphatic rings. The third-order valence-electron chi connectivity index (χ3n) is 1.63. The van der Waals surface area contributed by atoms with Crippen molar-refractivity contribution in [3.8, 4) is 0 Å². The second kappa shape index (κ2) is 3.58. The van der Waals surface area contributed by atoms with Crippen LogP contribution in [0.15, 0.2) is 6.33 Å². The molecule has 4 heteroatoms. The van der Waals surface area contributed by atoms with Gasteiger partial charge < -0.3 is 5.73 Å². The van der Waals surface area contributed by atoms with Crippen LogP contribution in [0.25, 0.3) is 0 Å². The lowest BCUT2D eigenvalue weighted by Gasteiger charge is -2.06. The van der Waals surface area contributed by atoms with E-state index in [2.05, 4.69) is 9.97 Å². The standard InChI is InChI=1S/C8H12FN3/c1-5(2)8-7(9)6(3-10)11-4-12-8/h4-5H,3,10H2,1-2H3. The molecule has 0 amide bonds. The van der Waals surface area contributed by atoms with Crippen molar-refractivity contribution in [3.63, 3.8) is 0 Å². The van der Waals surface area contributed by atoms with Crippen molar-refractivity contribution in [2.24, 2.45) is 5.73 Å². The van der Waals surface area contributed by atoms with Crippen LogP contribution >= 0.6 is 0 Å². The number of rotatable bonds is 2. The average molecular weight is 169 g/mol. The van der Waals surface area contributed by atoms with Crippen LogP contribution in [0, 0.1) is 5.82 Å². The third kappa shape index (κ3) is 1.58. The number of hydrogen-bond donors (Lipinski definition) is 1. The zero-order valence-electron chi connectivity index (χ0n) is 7.21. The molecule has 0 unspecified atom stereocenters. The van der Waals surface area contributed by atoms with Gasteiger partial charge >= 0.3 is 0 Å². The molecule has 1 aromatic heterocycles. The molecule has 0 fully saturated rings. The predicted octanol–water partition coefficient (Wildman–Crippen LogP) is 1.20. The second-order valence-corrected chi connectivity index (χ2v) is 2.88. The number of aromatic nitrogens is 2. The van der Waals surface area contributed by atoms with Crippen molar-refractivity contribution in [1.82, 2.24) is 9.97 Å². The fraction of sp³-hybridized carbons (Fsp3) is 0.500. The molecule has 0 aliphatic heterocycles. The Labute approximate surface area is 70.8 Å². The lowest BCUT2D eigenvalue weighted by molar-refractivity contribution is 0.557.